The van der Waals surface area contributed by atoms with Crippen molar-refractivity contribution in [1.82, 2.24) is 5.32 Å². The fourth-order valence-electron chi connectivity index (χ4n) is 3.16. The summed E-state index contributed by atoms with van der Waals surface area (Å²) in [7, 11) is 0. The fraction of sp³-hybridized carbons (Fsp3) is 0.929. The summed E-state index contributed by atoms with van der Waals surface area (Å²) in [5.74, 6) is 0.858. The molecule has 3 nitrogen and oxygen atoms in total. The SMILES string of the molecule is O=C(CC1CCCCC1)NC1CCC(O)CC1. The summed E-state index contributed by atoms with van der Waals surface area (Å²) in [6.07, 6.45) is 10.6. The third-order valence-corrected chi connectivity index (χ3v) is 4.26. The normalized spacial score (nSPS) is 31.1. The minimum Gasteiger partial charge on any atom is -0.393 e. The molecule has 2 N–H and O–H groups in total. The van der Waals surface area contributed by atoms with Crippen molar-refractivity contribution in [3.05, 3.63) is 0 Å². The van der Waals surface area contributed by atoms with Crippen LogP contribution >= 0.6 is 0 Å². The molecule has 98 valence electrons. The monoisotopic (exact) mass is 239 g/mol. The summed E-state index contributed by atoms with van der Waals surface area (Å²) in [5, 5.41) is 12.5. The Labute approximate surface area is 104 Å². The molecular weight excluding hydrogens is 214 g/mol. The molecule has 2 fully saturated rings. The number of carbonyl (C=O) groups excluding carboxylic acids is 1. The van der Waals surface area contributed by atoms with Gasteiger partial charge in [0, 0.05) is 12.5 Å². The van der Waals surface area contributed by atoms with Gasteiger partial charge in [0.2, 0.25) is 5.91 Å². The van der Waals surface area contributed by atoms with Crippen LogP contribution in [0.25, 0.3) is 0 Å². The lowest BCUT2D eigenvalue weighted by Gasteiger charge is -2.27. The second-order valence-electron chi connectivity index (χ2n) is 5.78. The van der Waals surface area contributed by atoms with Crippen molar-refractivity contribution >= 4 is 5.91 Å². The molecule has 0 aliphatic heterocycles. The zero-order valence-corrected chi connectivity index (χ0v) is 10.7. The van der Waals surface area contributed by atoms with Gasteiger partial charge in [-0.2, -0.15) is 0 Å². The van der Waals surface area contributed by atoms with E-state index in [4.69, 9.17) is 0 Å². The molecule has 0 saturated heterocycles. The zero-order valence-electron chi connectivity index (χ0n) is 10.7. The lowest BCUT2D eigenvalue weighted by Crippen LogP contribution is -2.39. The maximum absolute atomic E-state index is 11.9. The van der Waals surface area contributed by atoms with E-state index in [1.165, 1.54) is 32.1 Å². The average molecular weight is 239 g/mol. The highest BCUT2D eigenvalue weighted by Gasteiger charge is 2.22. The first kappa shape index (κ1) is 12.9. The lowest BCUT2D eigenvalue weighted by atomic mass is 9.86. The largest absolute Gasteiger partial charge is 0.393 e. The number of nitrogens with one attached hydrogen (secondary N) is 1. The first-order valence-electron chi connectivity index (χ1n) is 7.21. The molecule has 2 saturated carbocycles. The van der Waals surface area contributed by atoms with Crippen LogP contribution in [0.3, 0.4) is 0 Å². The molecule has 0 bridgehead atoms. The van der Waals surface area contributed by atoms with Gasteiger partial charge in [-0.15, -0.1) is 0 Å². The smallest absolute Gasteiger partial charge is 0.220 e. The summed E-state index contributed by atoms with van der Waals surface area (Å²) in [5.41, 5.74) is 0. The predicted molar refractivity (Wildman–Crippen MR) is 67.6 cm³/mol. The van der Waals surface area contributed by atoms with Crippen LogP contribution in [0, 0.1) is 5.92 Å². The van der Waals surface area contributed by atoms with Gasteiger partial charge in [-0.3, -0.25) is 4.79 Å². The Morgan fingerprint density at radius 2 is 1.65 bits per heavy atom. The first-order valence-corrected chi connectivity index (χ1v) is 7.21. The Morgan fingerprint density at radius 3 is 2.29 bits per heavy atom. The van der Waals surface area contributed by atoms with Crippen molar-refractivity contribution < 1.29 is 9.90 Å². The van der Waals surface area contributed by atoms with Crippen LogP contribution in [0.15, 0.2) is 0 Å². The zero-order chi connectivity index (χ0) is 12.1. The van der Waals surface area contributed by atoms with Gasteiger partial charge in [0.05, 0.1) is 6.10 Å². The molecule has 0 aromatic carbocycles. The van der Waals surface area contributed by atoms with Gasteiger partial charge >= 0.3 is 0 Å². The lowest BCUT2D eigenvalue weighted by molar-refractivity contribution is -0.123. The highest BCUT2D eigenvalue weighted by molar-refractivity contribution is 5.76. The Kier molecular flexibility index (Phi) is 4.84. The van der Waals surface area contributed by atoms with Crippen molar-refractivity contribution in [2.75, 3.05) is 0 Å². The van der Waals surface area contributed by atoms with E-state index in [0.29, 0.717) is 12.0 Å². The molecule has 0 radical (unpaired) electrons. The summed E-state index contributed by atoms with van der Waals surface area (Å²) < 4.78 is 0. The fourth-order valence-corrected chi connectivity index (χ4v) is 3.16. The van der Waals surface area contributed by atoms with Gasteiger partial charge in [0.15, 0.2) is 0 Å². The van der Waals surface area contributed by atoms with E-state index in [1.807, 2.05) is 0 Å². The van der Waals surface area contributed by atoms with Gasteiger partial charge in [-0.1, -0.05) is 19.3 Å². The minimum absolute atomic E-state index is 0.138. The number of aliphatic hydroxyl groups excluding tert-OH is 1. The van der Waals surface area contributed by atoms with Crippen LogP contribution in [0.1, 0.15) is 64.2 Å². The van der Waals surface area contributed by atoms with E-state index in [-0.39, 0.29) is 12.0 Å². The number of hydrogen-bond donors (Lipinski definition) is 2. The number of amides is 1. The third kappa shape index (κ3) is 4.30. The second kappa shape index (κ2) is 6.39. The van der Waals surface area contributed by atoms with Crippen LogP contribution in [-0.4, -0.2) is 23.2 Å². The van der Waals surface area contributed by atoms with Gasteiger partial charge < -0.3 is 10.4 Å². The molecule has 0 aromatic heterocycles. The Balaban J connectivity index is 1.66. The van der Waals surface area contributed by atoms with E-state index < -0.39 is 0 Å². The summed E-state index contributed by atoms with van der Waals surface area (Å²) >= 11 is 0. The van der Waals surface area contributed by atoms with Crippen molar-refractivity contribution in [2.45, 2.75) is 76.4 Å². The van der Waals surface area contributed by atoms with Crippen molar-refractivity contribution in [3.63, 3.8) is 0 Å². The molecule has 0 aromatic rings. The molecule has 2 aliphatic rings. The summed E-state index contributed by atoms with van der Waals surface area (Å²) in [4.78, 5) is 11.9. The highest BCUT2D eigenvalue weighted by Crippen LogP contribution is 2.26. The Bertz CT molecular complexity index is 241. The Morgan fingerprint density at radius 1 is 1.00 bits per heavy atom. The quantitative estimate of drug-likeness (QED) is 0.794. The van der Waals surface area contributed by atoms with Gasteiger partial charge in [0.1, 0.15) is 0 Å². The molecule has 0 heterocycles. The maximum atomic E-state index is 11.9. The van der Waals surface area contributed by atoms with E-state index in [1.54, 1.807) is 0 Å². The van der Waals surface area contributed by atoms with Crippen molar-refractivity contribution in [3.8, 4) is 0 Å². The number of carbonyl (C=O) groups is 1. The molecule has 0 unspecified atom stereocenters. The van der Waals surface area contributed by atoms with Crippen molar-refractivity contribution in [2.24, 2.45) is 5.92 Å². The second-order valence-corrected chi connectivity index (χ2v) is 5.78. The molecule has 0 atom stereocenters. The van der Waals surface area contributed by atoms with Gasteiger partial charge in [0.25, 0.3) is 0 Å². The molecule has 2 rings (SSSR count). The highest BCUT2D eigenvalue weighted by atomic mass is 16.3. The topological polar surface area (TPSA) is 49.3 Å². The number of rotatable bonds is 3. The standard InChI is InChI=1S/C14H25NO2/c16-13-8-6-12(7-9-13)15-14(17)10-11-4-2-1-3-5-11/h11-13,16H,1-10H2,(H,15,17). The van der Waals surface area contributed by atoms with E-state index in [9.17, 15) is 9.90 Å². The van der Waals surface area contributed by atoms with Crippen molar-refractivity contribution in [1.29, 1.82) is 0 Å². The maximum Gasteiger partial charge on any atom is 0.220 e. The van der Waals surface area contributed by atoms with Crippen LogP contribution in [0.2, 0.25) is 0 Å². The van der Waals surface area contributed by atoms with E-state index >= 15 is 0 Å². The third-order valence-electron chi connectivity index (χ3n) is 4.26. The number of aliphatic hydroxyl groups is 1. The first-order chi connectivity index (χ1) is 8.24. The van der Waals surface area contributed by atoms with E-state index in [0.717, 1.165) is 32.1 Å². The Hall–Kier alpha value is -0.570. The molecular formula is C14H25NO2. The van der Waals surface area contributed by atoms with Gasteiger partial charge in [-0.25, -0.2) is 0 Å². The molecule has 3 heteroatoms. The average Bonchev–Trinajstić information content (AvgIpc) is 2.33. The molecule has 17 heavy (non-hydrogen) atoms. The summed E-state index contributed by atoms with van der Waals surface area (Å²) in [6, 6.07) is 0.314. The van der Waals surface area contributed by atoms with Crippen LogP contribution in [-0.2, 0) is 4.79 Å². The minimum atomic E-state index is -0.138. The van der Waals surface area contributed by atoms with Crippen LogP contribution in [0.5, 0.6) is 0 Å². The van der Waals surface area contributed by atoms with Gasteiger partial charge in [-0.05, 0) is 44.4 Å². The van der Waals surface area contributed by atoms with Crippen LogP contribution < -0.4 is 5.32 Å². The van der Waals surface area contributed by atoms with Crippen LogP contribution in [0.4, 0.5) is 0 Å². The molecule has 2 aliphatic carbocycles. The summed E-state index contributed by atoms with van der Waals surface area (Å²) in [6.45, 7) is 0. The predicted octanol–water partition coefficient (Wildman–Crippen LogP) is 2.38. The van der Waals surface area contributed by atoms with E-state index in [2.05, 4.69) is 5.32 Å². The molecule has 0 spiro atoms. The number of hydrogen-bond acceptors (Lipinski definition) is 2. The molecule has 1 amide bonds.